The van der Waals surface area contributed by atoms with Crippen molar-refractivity contribution >= 4 is 11.9 Å². The molecule has 2 fully saturated rings. The first-order valence-electron chi connectivity index (χ1n) is 26.9. The summed E-state index contributed by atoms with van der Waals surface area (Å²) >= 11 is 0. The SMILES string of the molecule is CCC/C=C/C/C=C/C/C=C/C/C=C/CCCCCC(=O)OC[C@@H](CO[C@@H]1O[C@H](CO[C@@H]2O[C@H](CO)[C@H](O)C(O)C2O)[C@H](O)C(O)C1O)OC(=O)CCCCCCCCCCC/C=C/CCCCCC. The van der Waals surface area contributed by atoms with Crippen LogP contribution >= 0.6 is 0 Å². The Labute approximate surface area is 420 Å². The molecule has 0 aromatic carbocycles. The maximum Gasteiger partial charge on any atom is 0.306 e. The molecule has 70 heavy (non-hydrogen) atoms. The first-order valence-corrected chi connectivity index (χ1v) is 26.9. The maximum absolute atomic E-state index is 13.0. The smallest absolute Gasteiger partial charge is 0.306 e. The van der Waals surface area contributed by atoms with Crippen LogP contribution in [0.5, 0.6) is 0 Å². The van der Waals surface area contributed by atoms with Crippen molar-refractivity contribution in [3.8, 4) is 0 Å². The Morgan fingerprint density at radius 2 is 0.886 bits per heavy atom. The minimum Gasteiger partial charge on any atom is -0.462 e. The van der Waals surface area contributed by atoms with E-state index in [1.807, 2.05) is 0 Å². The Bertz CT molecular complexity index is 1450. The van der Waals surface area contributed by atoms with Crippen LogP contribution in [0.15, 0.2) is 60.8 Å². The molecular formula is C55H94O15. The van der Waals surface area contributed by atoms with Crippen molar-refractivity contribution in [3.05, 3.63) is 60.8 Å². The summed E-state index contributed by atoms with van der Waals surface area (Å²) in [6.45, 7) is 2.48. The Morgan fingerprint density at radius 1 is 0.457 bits per heavy atom. The van der Waals surface area contributed by atoms with Gasteiger partial charge in [0.25, 0.3) is 0 Å². The molecular weight excluding hydrogens is 901 g/mol. The molecule has 2 saturated heterocycles. The number of carbonyl (C=O) groups is 2. The number of hydrogen-bond acceptors (Lipinski definition) is 15. The number of aliphatic hydroxyl groups excluding tert-OH is 7. The van der Waals surface area contributed by atoms with Gasteiger partial charge < -0.3 is 64.2 Å². The number of aliphatic hydroxyl groups is 7. The number of unbranched alkanes of at least 4 members (excludes halogenated alkanes) is 17. The van der Waals surface area contributed by atoms with Crippen LogP contribution in [0.25, 0.3) is 0 Å². The molecule has 0 amide bonds. The van der Waals surface area contributed by atoms with E-state index >= 15 is 0 Å². The second-order valence-corrected chi connectivity index (χ2v) is 18.7. The number of allylic oxidation sites excluding steroid dienone is 10. The van der Waals surface area contributed by atoms with Crippen molar-refractivity contribution in [2.24, 2.45) is 0 Å². The van der Waals surface area contributed by atoms with Gasteiger partial charge >= 0.3 is 11.9 Å². The number of hydrogen-bond donors (Lipinski definition) is 7. The molecule has 0 spiro atoms. The van der Waals surface area contributed by atoms with Crippen LogP contribution < -0.4 is 0 Å². The summed E-state index contributed by atoms with van der Waals surface area (Å²) < 4.78 is 33.6. The summed E-state index contributed by atoms with van der Waals surface area (Å²) in [4.78, 5) is 25.8. The van der Waals surface area contributed by atoms with E-state index in [1.54, 1.807) is 0 Å². The van der Waals surface area contributed by atoms with Crippen molar-refractivity contribution in [3.63, 3.8) is 0 Å². The molecule has 0 saturated carbocycles. The molecule has 2 aliphatic rings. The van der Waals surface area contributed by atoms with Gasteiger partial charge in [-0.15, -0.1) is 0 Å². The summed E-state index contributed by atoms with van der Waals surface area (Å²) in [6, 6.07) is 0. The highest BCUT2D eigenvalue weighted by Gasteiger charge is 2.47. The van der Waals surface area contributed by atoms with Crippen LogP contribution in [0.1, 0.15) is 181 Å². The van der Waals surface area contributed by atoms with Crippen LogP contribution in [0.4, 0.5) is 0 Å². The van der Waals surface area contributed by atoms with Crippen molar-refractivity contribution < 1.29 is 73.8 Å². The van der Waals surface area contributed by atoms with Gasteiger partial charge in [0, 0.05) is 12.8 Å². The van der Waals surface area contributed by atoms with Crippen molar-refractivity contribution in [1.82, 2.24) is 0 Å². The second kappa shape index (κ2) is 41.6. The fourth-order valence-electron chi connectivity index (χ4n) is 8.03. The van der Waals surface area contributed by atoms with Crippen LogP contribution in [0.2, 0.25) is 0 Å². The lowest BCUT2D eigenvalue weighted by Crippen LogP contribution is -2.61. The average Bonchev–Trinajstić information content (AvgIpc) is 3.35. The van der Waals surface area contributed by atoms with Gasteiger partial charge in [0.05, 0.1) is 19.8 Å². The number of carbonyl (C=O) groups excluding carboxylic acids is 2. The molecule has 2 heterocycles. The van der Waals surface area contributed by atoms with Crippen molar-refractivity contribution in [2.75, 3.05) is 26.4 Å². The van der Waals surface area contributed by atoms with E-state index in [1.165, 1.54) is 64.2 Å². The molecule has 15 nitrogen and oxygen atoms in total. The Morgan fingerprint density at radius 3 is 1.43 bits per heavy atom. The maximum atomic E-state index is 13.0. The summed E-state index contributed by atoms with van der Waals surface area (Å²) in [5.41, 5.74) is 0. The third-order valence-corrected chi connectivity index (χ3v) is 12.4. The Balaban J connectivity index is 1.81. The number of esters is 2. The van der Waals surface area contributed by atoms with Crippen LogP contribution in [-0.2, 0) is 38.0 Å². The lowest BCUT2D eigenvalue weighted by molar-refractivity contribution is -0.332. The van der Waals surface area contributed by atoms with Crippen LogP contribution in [0.3, 0.4) is 0 Å². The molecule has 0 aliphatic carbocycles. The van der Waals surface area contributed by atoms with E-state index in [9.17, 15) is 45.3 Å². The zero-order chi connectivity index (χ0) is 51.0. The summed E-state index contributed by atoms with van der Waals surface area (Å²) in [6.07, 6.45) is 30.9. The first-order chi connectivity index (χ1) is 34.0. The lowest BCUT2D eigenvalue weighted by atomic mass is 9.98. The fraction of sp³-hybridized carbons (Fsp3) is 0.782. The van der Waals surface area contributed by atoms with E-state index in [0.29, 0.717) is 12.8 Å². The van der Waals surface area contributed by atoms with E-state index in [2.05, 4.69) is 74.6 Å². The molecule has 0 aromatic heterocycles. The molecule has 4 unspecified atom stereocenters. The monoisotopic (exact) mass is 995 g/mol. The Hall–Kier alpha value is -2.80. The number of rotatable bonds is 41. The third kappa shape index (κ3) is 29.0. The van der Waals surface area contributed by atoms with E-state index < -0.39 is 99.3 Å². The topological polar surface area (TPSA) is 231 Å². The molecule has 11 atom stereocenters. The molecule has 7 N–H and O–H groups in total. The molecule has 2 aliphatic heterocycles. The quantitative estimate of drug-likeness (QED) is 0.0175. The summed E-state index contributed by atoms with van der Waals surface area (Å²) in [5.74, 6) is -0.965. The fourth-order valence-corrected chi connectivity index (χ4v) is 8.03. The normalized spacial score (nSPS) is 25.8. The van der Waals surface area contributed by atoms with Gasteiger partial charge in [-0.1, -0.05) is 152 Å². The molecule has 0 aromatic rings. The summed E-state index contributed by atoms with van der Waals surface area (Å²) in [5, 5.41) is 72.2. The highest BCUT2D eigenvalue weighted by molar-refractivity contribution is 5.70. The molecule has 2 rings (SSSR count). The van der Waals surface area contributed by atoms with Gasteiger partial charge in [-0.05, 0) is 77.0 Å². The third-order valence-electron chi connectivity index (χ3n) is 12.4. The van der Waals surface area contributed by atoms with Gasteiger partial charge in [-0.2, -0.15) is 0 Å². The zero-order valence-corrected chi connectivity index (χ0v) is 42.7. The van der Waals surface area contributed by atoms with Crippen molar-refractivity contribution in [2.45, 2.75) is 248 Å². The average molecular weight is 995 g/mol. The van der Waals surface area contributed by atoms with E-state index in [0.717, 1.165) is 77.0 Å². The van der Waals surface area contributed by atoms with Crippen LogP contribution in [-0.4, -0.2) is 142 Å². The van der Waals surface area contributed by atoms with Gasteiger partial charge in [-0.25, -0.2) is 0 Å². The molecule has 0 radical (unpaired) electrons. The van der Waals surface area contributed by atoms with E-state index in [4.69, 9.17) is 28.4 Å². The highest BCUT2D eigenvalue weighted by Crippen LogP contribution is 2.26. The minimum atomic E-state index is -1.77. The largest absolute Gasteiger partial charge is 0.462 e. The highest BCUT2D eigenvalue weighted by atomic mass is 16.7. The Kier molecular flexibility index (Phi) is 37.7. The predicted octanol–water partition coefficient (Wildman–Crippen LogP) is 8.05. The lowest BCUT2D eigenvalue weighted by Gasteiger charge is -2.42. The molecule has 0 bridgehead atoms. The second-order valence-electron chi connectivity index (χ2n) is 18.7. The standard InChI is InChI=1S/C55H94O15/c1-3-5-7-9-11-13-15-17-19-21-23-25-27-29-31-33-35-37-46(57)65-40-43(68-47(58)38-36-34-32-30-28-26-24-22-20-18-16-14-12-10-8-6-4-2)41-66-54-53(64)51(62)49(60)45(70-54)42-67-55-52(63)50(61)48(59)44(39-56)69-55/h7,9,13-16,19,21,25,27,43-45,48-56,59-64H,3-6,8,10-12,17-18,20,22-24,26,28-42H2,1-2H3/b9-7+,15-13+,16-14+,21-19+,27-25+/t43-,44+,45+,48-,49-,50?,51?,52?,53?,54+,55+/m0/s1. The minimum absolute atomic E-state index is 0.154. The van der Waals surface area contributed by atoms with Gasteiger partial charge in [0.15, 0.2) is 18.7 Å². The molecule has 404 valence electrons. The van der Waals surface area contributed by atoms with Crippen molar-refractivity contribution in [1.29, 1.82) is 0 Å². The van der Waals surface area contributed by atoms with Gasteiger partial charge in [0.1, 0.15) is 55.4 Å². The first kappa shape index (κ1) is 63.3. The van der Waals surface area contributed by atoms with Gasteiger partial charge in [0.2, 0.25) is 0 Å². The van der Waals surface area contributed by atoms with E-state index in [-0.39, 0.29) is 19.4 Å². The molecule has 15 heteroatoms. The zero-order valence-electron chi connectivity index (χ0n) is 42.7. The number of ether oxygens (including phenoxy) is 6. The van der Waals surface area contributed by atoms with Crippen LogP contribution in [0, 0.1) is 0 Å². The van der Waals surface area contributed by atoms with Gasteiger partial charge in [-0.3, -0.25) is 9.59 Å². The summed E-state index contributed by atoms with van der Waals surface area (Å²) in [7, 11) is 0. The predicted molar refractivity (Wildman–Crippen MR) is 270 cm³/mol.